The molecule has 2 aromatic carbocycles. The Morgan fingerprint density at radius 2 is 1.64 bits per heavy atom. The number of nitrogens with zero attached hydrogens (tertiary/aromatic N) is 2. The maximum atomic E-state index is 13.1. The van der Waals surface area contributed by atoms with Gasteiger partial charge in [0.2, 0.25) is 0 Å². The highest BCUT2D eigenvalue weighted by atomic mass is 35.5. The molecule has 2 aromatic rings. The van der Waals surface area contributed by atoms with E-state index in [0.29, 0.717) is 6.04 Å². The molecule has 0 radical (unpaired) electrons. The molecule has 0 spiro atoms. The van der Waals surface area contributed by atoms with Crippen LogP contribution < -0.4 is 9.47 Å². The lowest BCUT2D eigenvalue weighted by Gasteiger charge is -2.45. The summed E-state index contributed by atoms with van der Waals surface area (Å²) >= 11 is 0. The van der Waals surface area contributed by atoms with E-state index in [1.807, 2.05) is 12.1 Å². The zero-order valence-electron chi connectivity index (χ0n) is 16.2. The van der Waals surface area contributed by atoms with E-state index in [1.165, 1.54) is 11.1 Å². The van der Waals surface area contributed by atoms with E-state index in [9.17, 15) is 4.39 Å². The Morgan fingerprint density at radius 3 is 2.32 bits per heavy atom. The first kappa shape index (κ1) is 22.8. The van der Waals surface area contributed by atoms with Crippen molar-refractivity contribution in [2.24, 2.45) is 0 Å². The summed E-state index contributed by atoms with van der Waals surface area (Å²) in [5, 5.41) is 0. The molecule has 28 heavy (non-hydrogen) atoms. The molecule has 2 aliphatic heterocycles. The van der Waals surface area contributed by atoms with Crippen LogP contribution in [0, 0.1) is 5.82 Å². The van der Waals surface area contributed by atoms with Gasteiger partial charge in [-0.15, -0.1) is 24.8 Å². The largest absolute Gasteiger partial charge is 0.493 e. The first-order chi connectivity index (χ1) is 12.7. The van der Waals surface area contributed by atoms with Crippen molar-refractivity contribution in [2.45, 2.75) is 19.0 Å². The number of halogens is 3. The van der Waals surface area contributed by atoms with E-state index in [0.717, 1.165) is 56.2 Å². The van der Waals surface area contributed by atoms with Crippen LogP contribution in [0.3, 0.4) is 0 Å². The van der Waals surface area contributed by atoms with Gasteiger partial charge < -0.3 is 9.47 Å². The topological polar surface area (TPSA) is 24.9 Å². The molecule has 7 heteroatoms. The number of hydrogen-bond donors (Lipinski definition) is 0. The minimum atomic E-state index is -0.180. The molecule has 154 valence electrons. The first-order valence-corrected chi connectivity index (χ1v) is 9.13. The molecule has 4 rings (SSSR count). The number of ether oxygens (including phenoxy) is 2. The van der Waals surface area contributed by atoms with Crippen molar-refractivity contribution in [3.05, 3.63) is 58.9 Å². The van der Waals surface area contributed by atoms with E-state index >= 15 is 0 Å². The molecular formula is C21H27Cl2FN2O2. The van der Waals surface area contributed by atoms with E-state index < -0.39 is 0 Å². The summed E-state index contributed by atoms with van der Waals surface area (Å²) < 4.78 is 24.1. The third kappa shape index (κ3) is 4.54. The SMILES string of the molecule is COc1cc2c(cc1OC)C1CN(Cc3ccc(F)cc3)CCN1CC2.Cl.Cl. The zero-order chi connectivity index (χ0) is 18.1. The monoisotopic (exact) mass is 428 g/mol. The van der Waals surface area contributed by atoms with Gasteiger partial charge in [-0.1, -0.05) is 12.1 Å². The number of hydrogen-bond acceptors (Lipinski definition) is 4. The number of benzene rings is 2. The van der Waals surface area contributed by atoms with Crippen molar-refractivity contribution in [3.8, 4) is 11.5 Å². The van der Waals surface area contributed by atoms with Crippen molar-refractivity contribution >= 4 is 24.8 Å². The van der Waals surface area contributed by atoms with Crippen LogP contribution in [0.15, 0.2) is 36.4 Å². The molecule has 2 aliphatic rings. The molecular weight excluding hydrogens is 402 g/mol. The predicted molar refractivity (Wildman–Crippen MR) is 114 cm³/mol. The van der Waals surface area contributed by atoms with Crippen molar-refractivity contribution in [1.82, 2.24) is 9.80 Å². The average molecular weight is 429 g/mol. The summed E-state index contributed by atoms with van der Waals surface area (Å²) in [7, 11) is 3.37. The highest BCUT2D eigenvalue weighted by molar-refractivity contribution is 5.85. The van der Waals surface area contributed by atoms with Gasteiger partial charge in [0, 0.05) is 38.8 Å². The minimum Gasteiger partial charge on any atom is -0.493 e. The fourth-order valence-electron chi connectivity index (χ4n) is 4.16. The van der Waals surface area contributed by atoms with Crippen molar-refractivity contribution in [2.75, 3.05) is 40.4 Å². The summed E-state index contributed by atoms with van der Waals surface area (Å²) in [5.41, 5.74) is 3.86. The molecule has 1 atom stereocenters. The maximum absolute atomic E-state index is 13.1. The fourth-order valence-corrected chi connectivity index (χ4v) is 4.16. The molecule has 4 nitrogen and oxygen atoms in total. The van der Waals surface area contributed by atoms with E-state index in [4.69, 9.17) is 9.47 Å². The lowest BCUT2D eigenvalue weighted by atomic mass is 9.90. The third-order valence-electron chi connectivity index (χ3n) is 5.57. The van der Waals surface area contributed by atoms with Crippen LogP contribution in [0.2, 0.25) is 0 Å². The molecule has 2 heterocycles. The Kier molecular flexibility index (Phi) is 7.96. The Balaban J connectivity index is 0.00000140. The smallest absolute Gasteiger partial charge is 0.161 e. The van der Waals surface area contributed by atoms with Crippen LogP contribution in [-0.4, -0.2) is 50.2 Å². The second kappa shape index (κ2) is 9.79. The number of piperazine rings is 1. The van der Waals surface area contributed by atoms with Crippen LogP contribution in [-0.2, 0) is 13.0 Å². The van der Waals surface area contributed by atoms with Gasteiger partial charge in [-0.05, 0) is 47.4 Å². The highest BCUT2D eigenvalue weighted by Crippen LogP contribution is 2.39. The molecule has 0 amide bonds. The Bertz CT molecular complexity index is 789. The first-order valence-electron chi connectivity index (χ1n) is 9.13. The standard InChI is InChI=1S/C21H25FN2O2.2ClH/c1-25-20-11-16-7-8-24-10-9-23(13-15-3-5-17(22)6-4-15)14-19(24)18(16)12-21(20)26-2;;/h3-6,11-12,19H,7-10,13-14H2,1-2H3;2*1H. The molecule has 1 unspecified atom stereocenters. The summed E-state index contributed by atoms with van der Waals surface area (Å²) in [6.07, 6.45) is 1.05. The van der Waals surface area contributed by atoms with Crippen LogP contribution in [0.4, 0.5) is 4.39 Å². The van der Waals surface area contributed by atoms with Crippen LogP contribution >= 0.6 is 24.8 Å². The molecule has 1 saturated heterocycles. The molecule has 0 N–H and O–H groups in total. The lowest BCUT2D eigenvalue weighted by molar-refractivity contribution is 0.0627. The zero-order valence-corrected chi connectivity index (χ0v) is 17.8. The van der Waals surface area contributed by atoms with Crippen molar-refractivity contribution in [1.29, 1.82) is 0 Å². The number of methoxy groups -OCH3 is 2. The molecule has 1 fully saturated rings. The van der Waals surface area contributed by atoms with Gasteiger partial charge in [-0.3, -0.25) is 9.80 Å². The van der Waals surface area contributed by atoms with Gasteiger partial charge in [0.1, 0.15) is 5.82 Å². The van der Waals surface area contributed by atoms with Gasteiger partial charge in [-0.2, -0.15) is 0 Å². The Morgan fingerprint density at radius 1 is 0.964 bits per heavy atom. The van der Waals surface area contributed by atoms with Gasteiger partial charge in [0.15, 0.2) is 11.5 Å². The molecule has 0 aromatic heterocycles. The van der Waals surface area contributed by atoms with Crippen LogP contribution in [0.25, 0.3) is 0 Å². The quantitative estimate of drug-likeness (QED) is 0.731. The highest BCUT2D eigenvalue weighted by Gasteiger charge is 2.33. The lowest BCUT2D eigenvalue weighted by Crippen LogP contribution is -2.50. The van der Waals surface area contributed by atoms with E-state index in [-0.39, 0.29) is 30.6 Å². The Hall–Kier alpha value is -1.53. The van der Waals surface area contributed by atoms with Gasteiger partial charge in [0.05, 0.1) is 14.2 Å². The molecule has 0 saturated carbocycles. The van der Waals surface area contributed by atoms with Gasteiger partial charge in [0.25, 0.3) is 0 Å². The summed E-state index contributed by atoms with van der Waals surface area (Å²) in [5.74, 6) is 1.42. The second-order valence-electron chi connectivity index (χ2n) is 7.07. The third-order valence-corrected chi connectivity index (χ3v) is 5.57. The van der Waals surface area contributed by atoms with Crippen molar-refractivity contribution in [3.63, 3.8) is 0 Å². The molecule has 0 bridgehead atoms. The molecule has 0 aliphatic carbocycles. The summed E-state index contributed by atoms with van der Waals surface area (Å²) in [4.78, 5) is 5.02. The van der Waals surface area contributed by atoms with Crippen LogP contribution in [0.5, 0.6) is 11.5 Å². The van der Waals surface area contributed by atoms with Crippen LogP contribution in [0.1, 0.15) is 22.7 Å². The van der Waals surface area contributed by atoms with E-state index in [1.54, 1.807) is 26.4 Å². The van der Waals surface area contributed by atoms with Gasteiger partial charge in [-0.25, -0.2) is 4.39 Å². The number of fused-ring (bicyclic) bond motifs is 3. The average Bonchev–Trinajstić information content (AvgIpc) is 2.68. The minimum absolute atomic E-state index is 0. The summed E-state index contributed by atoms with van der Waals surface area (Å²) in [6, 6.07) is 11.5. The summed E-state index contributed by atoms with van der Waals surface area (Å²) in [6.45, 7) is 5.00. The maximum Gasteiger partial charge on any atom is 0.161 e. The van der Waals surface area contributed by atoms with Gasteiger partial charge >= 0.3 is 0 Å². The van der Waals surface area contributed by atoms with E-state index in [2.05, 4.69) is 21.9 Å². The second-order valence-corrected chi connectivity index (χ2v) is 7.07. The fraction of sp³-hybridized carbons (Fsp3) is 0.429. The van der Waals surface area contributed by atoms with Crippen molar-refractivity contribution < 1.29 is 13.9 Å². The number of rotatable bonds is 4. The predicted octanol–water partition coefficient (Wildman–Crippen LogP) is 4.10. The Labute approximate surface area is 178 Å². The normalized spacial score (nSPS) is 18.9.